The molecule has 0 saturated carbocycles. The minimum absolute atomic E-state index is 0.641. The molecular formula is C25H50O2. The van der Waals surface area contributed by atoms with Crippen LogP contribution in [-0.4, -0.2) is 17.5 Å². The van der Waals surface area contributed by atoms with Gasteiger partial charge in [0.25, 0.3) is 0 Å². The zero-order valence-electron chi connectivity index (χ0n) is 18.6. The number of rotatable bonds is 23. The summed E-state index contributed by atoms with van der Waals surface area (Å²) in [5.41, 5.74) is 0. The second-order valence-electron chi connectivity index (χ2n) is 8.56. The highest BCUT2D eigenvalue weighted by molar-refractivity contribution is 5.55. The van der Waals surface area contributed by atoms with Crippen LogP contribution in [0.2, 0.25) is 0 Å². The monoisotopic (exact) mass is 382 g/mol. The lowest BCUT2D eigenvalue weighted by Crippen LogP contribution is -2.06. The number of aldehydes is 1. The Balaban J connectivity index is 3.00. The molecular weight excluding hydrogens is 332 g/mol. The van der Waals surface area contributed by atoms with Gasteiger partial charge in [0.1, 0.15) is 12.4 Å². The van der Waals surface area contributed by atoms with E-state index in [1.54, 1.807) is 0 Å². The molecule has 0 spiro atoms. The van der Waals surface area contributed by atoms with Gasteiger partial charge in [-0.2, -0.15) is 0 Å². The summed E-state index contributed by atoms with van der Waals surface area (Å²) >= 11 is 0. The molecule has 1 unspecified atom stereocenters. The van der Waals surface area contributed by atoms with E-state index >= 15 is 0 Å². The van der Waals surface area contributed by atoms with Crippen LogP contribution in [0.1, 0.15) is 148 Å². The summed E-state index contributed by atoms with van der Waals surface area (Å²) in [5, 5.41) is 9.15. The Bertz CT molecular complexity index is 277. The van der Waals surface area contributed by atoms with Crippen LogP contribution >= 0.6 is 0 Å². The van der Waals surface area contributed by atoms with E-state index in [4.69, 9.17) is 5.11 Å². The molecule has 0 radical (unpaired) electrons. The van der Waals surface area contributed by atoms with Gasteiger partial charge in [-0.3, -0.25) is 0 Å². The molecule has 162 valence electrons. The van der Waals surface area contributed by atoms with Crippen LogP contribution in [0.15, 0.2) is 0 Å². The number of aliphatic hydroxyl groups is 1. The molecule has 0 aromatic heterocycles. The standard InChI is InChI=1S/C25H50O2/c1-2-3-4-5-6-7-8-9-10-11-12-13-14-15-16-17-18-19-20-21-22-23-25(27)24-26/h24-25,27H,2-23H2,1H3. The van der Waals surface area contributed by atoms with E-state index in [-0.39, 0.29) is 0 Å². The second-order valence-corrected chi connectivity index (χ2v) is 8.56. The zero-order chi connectivity index (χ0) is 19.8. The van der Waals surface area contributed by atoms with Crippen molar-refractivity contribution in [3.63, 3.8) is 0 Å². The Labute approximate surface area is 170 Å². The Morgan fingerprint density at radius 1 is 0.519 bits per heavy atom. The topological polar surface area (TPSA) is 37.3 Å². The van der Waals surface area contributed by atoms with Crippen molar-refractivity contribution in [2.75, 3.05) is 0 Å². The average molecular weight is 383 g/mol. The molecule has 2 nitrogen and oxygen atoms in total. The number of carbonyl (C=O) groups is 1. The van der Waals surface area contributed by atoms with Crippen LogP contribution in [0.25, 0.3) is 0 Å². The molecule has 1 atom stereocenters. The van der Waals surface area contributed by atoms with Gasteiger partial charge in [-0.25, -0.2) is 0 Å². The van der Waals surface area contributed by atoms with Crippen molar-refractivity contribution in [2.24, 2.45) is 0 Å². The van der Waals surface area contributed by atoms with E-state index in [9.17, 15) is 4.79 Å². The van der Waals surface area contributed by atoms with Gasteiger partial charge in [-0.1, -0.05) is 142 Å². The lowest BCUT2D eigenvalue weighted by atomic mass is 10.0. The second kappa shape index (κ2) is 23.7. The van der Waals surface area contributed by atoms with Gasteiger partial charge >= 0.3 is 0 Å². The van der Waals surface area contributed by atoms with Gasteiger partial charge in [0.15, 0.2) is 0 Å². The summed E-state index contributed by atoms with van der Waals surface area (Å²) in [6.45, 7) is 2.29. The van der Waals surface area contributed by atoms with Gasteiger partial charge in [0.05, 0.1) is 0 Å². The molecule has 1 N–H and O–H groups in total. The van der Waals surface area contributed by atoms with E-state index < -0.39 is 6.10 Å². The van der Waals surface area contributed by atoms with Gasteiger partial charge in [-0.15, -0.1) is 0 Å². The zero-order valence-corrected chi connectivity index (χ0v) is 18.6. The van der Waals surface area contributed by atoms with Gasteiger partial charge < -0.3 is 9.90 Å². The number of aliphatic hydroxyl groups excluding tert-OH is 1. The number of carbonyl (C=O) groups excluding carboxylic acids is 1. The lowest BCUT2D eigenvalue weighted by molar-refractivity contribution is -0.115. The van der Waals surface area contributed by atoms with E-state index in [1.165, 1.54) is 122 Å². The van der Waals surface area contributed by atoms with Gasteiger partial charge in [-0.05, 0) is 6.42 Å². The molecule has 0 saturated heterocycles. The number of unbranched alkanes of at least 4 members (excludes halogenated alkanes) is 20. The van der Waals surface area contributed by atoms with Gasteiger partial charge in [0, 0.05) is 0 Å². The fourth-order valence-electron chi connectivity index (χ4n) is 3.85. The normalized spacial score (nSPS) is 12.4. The lowest BCUT2D eigenvalue weighted by Gasteiger charge is -2.04. The maximum absolute atomic E-state index is 10.3. The highest BCUT2D eigenvalue weighted by atomic mass is 16.3. The highest BCUT2D eigenvalue weighted by Crippen LogP contribution is 2.15. The highest BCUT2D eigenvalue weighted by Gasteiger charge is 2.00. The van der Waals surface area contributed by atoms with Crippen LogP contribution < -0.4 is 0 Å². The molecule has 0 amide bonds. The molecule has 0 aromatic rings. The van der Waals surface area contributed by atoms with Gasteiger partial charge in [0.2, 0.25) is 0 Å². The summed E-state index contributed by atoms with van der Waals surface area (Å²) in [4.78, 5) is 10.3. The summed E-state index contributed by atoms with van der Waals surface area (Å²) in [5.74, 6) is 0. The molecule has 2 heteroatoms. The maximum atomic E-state index is 10.3. The Morgan fingerprint density at radius 2 is 0.778 bits per heavy atom. The van der Waals surface area contributed by atoms with Crippen molar-refractivity contribution in [3.05, 3.63) is 0 Å². The quantitative estimate of drug-likeness (QED) is 0.143. The van der Waals surface area contributed by atoms with E-state index in [1.807, 2.05) is 0 Å². The first-order valence-corrected chi connectivity index (χ1v) is 12.4. The van der Waals surface area contributed by atoms with Crippen molar-refractivity contribution in [3.8, 4) is 0 Å². The summed E-state index contributed by atoms with van der Waals surface area (Å²) in [7, 11) is 0. The van der Waals surface area contributed by atoms with Crippen LogP contribution in [-0.2, 0) is 4.79 Å². The summed E-state index contributed by atoms with van der Waals surface area (Å²) < 4.78 is 0. The Morgan fingerprint density at radius 3 is 1.04 bits per heavy atom. The largest absolute Gasteiger partial charge is 0.386 e. The smallest absolute Gasteiger partial charge is 0.148 e. The van der Waals surface area contributed by atoms with E-state index in [0.717, 1.165) is 12.8 Å². The fourth-order valence-corrected chi connectivity index (χ4v) is 3.85. The average Bonchev–Trinajstić information content (AvgIpc) is 2.68. The third kappa shape index (κ3) is 23.6. The maximum Gasteiger partial charge on any atom is 0.148 e. The van der Waals surface area contributed by atoms with Crippen molar-refractivity contribution >= 4 is 6.29 Å². The Kier molecular flexibility index (Phi) is 23.3. The Hall–Kier alpha value is -0.370. The molecule has 0 rings (SSSR count). The third-order valence-electron chi connectivity index (χ3n) is 5.76. The molecule has 0 bridgehead atoms. The van der Waals surface area contributed by atoms with Crippen LogP contribution in [0.4, 0.5) is 0 Å². The van der Waals surface area contributed by atoms with Crippen molar-refractivity contribution < 1.29 is 9.90 Å². The first-order valence-electron chi connectivity index (χ1n) is 12.4. The first kappa shape index (κ1) is 26.6. The fraction of sp³-hybridized carbons (Fsp3) is 0.960. The van der Waals surface area contributed by atoms with E-state index in [2.05, 4.69) is 6.92 Å². The van der Waals surface area contributed by atoms with Crippen LogP contribution in [0.3, 0.4) is 0 Å². The molecule has 0 heterocycles. The predicted octanol–water partition coefficient (Wildman–Crippen LogP) is 8.15. The van der Waals surface area contributed by atoms with Crippen molar-refractivity contribution in [1.29, 1.82) is 0 Å². The molecule has 0 aliphatic heterocycles. The van der Waals surface area contributed by atoms with E-state index in [0.29, 0.717) is 12.7 Å². The molecule has 27 heavy (non-hydrogen) atoms. The first-order chi connectivity index (χ1) is 13.3. The third-order valence-corrected chi connectivity index (χ3v) is 5.76. The number of hydrogen-bond acceptors (Lipinski definition) is 2. The minimum atomic E-state index is -0.731. The minimum Gasteiger partial charge on any atom is -0.386 e. The van der Waals surface area contributed by atoms with Crippen molar-refractivity contribution in [1.82, 2.24) is 0 Å². The van der Waals surface area contributed by atoms with Crippen LogP contribution in [0, 0.1) is 0 Å². The van der Waals surface area contributed by atoms with Crippen LogP contribution in [0.5, 0.6) is 0 Å². The number of hydrogen-bond donors (Lipinski definition) is 1. The summed E-state index contributed by atoms with van der Waals surface area (Å²) in [6, 6.07) is 0. The molecule has 0 fully saturated rings. The molecule has 0 aliphatic carbocycles. The van der Waals surface area contributed by atoms with Crippen molar-refractivity contribution in [2.45, 2.75) is 154 Å². The molecule has 0 aliphatic rings. The predicted molar refractivity (Wildman–Crippen MR) is 119 cm³/mol. The SMILES string of the molecule is CCCCCCCCCCCCCCCCCCCCCCCC(O)C=O. The molecule has 0 aromatic carbocycles. The summed E-state index contributed by atoms with van der Waals surface area (Å²) in [6.07, 6.45) is 29.6.